The van der Waals surface area contributed by atoms with Gasteiger partial charge in [-0.2, -0.15) is 0 Å². The summed E-state index contributed by atoms with van der Waals surface area (Å²) in [6, 6.07) is 10.5. The molecule has 0 saturated carbocycles. The summed E-state index contributed by atoms with van der Waals surface area (Å²) < 4.78 is 13.0. The molecule has 144 valence electrons. The number of hydrogen-bond acceptors (Lipinski definition) is 2. The van der Waals surface area contributed by atoms with E-state index in [9.17, 15) is 14.0 Å². The molecule has 4 nitrogen and oxygen atoms in total. The SMILES string of the molecule is Cc1ccc(C)c([C@@H](C)NC(=O)[C@H](NC(=O)c2ccc(F)cc2)C(C)C)c1. The summed E-state index contributed by atoms with van der Waals surface area (Å²) in [7, 11) is 0. The number of hydrogen-bond donors (Lipinski definition) is 2. The Morgan fingerprint density at radius 1 is 0.926 bits per heavy atom. The largest absolute Gasteiger partial charge is 0.348 e. The van der Waals surface area contributed by atoms with E-state index < -0.39 is 17.8 Å². The molecule has 0 fully saturated rings. The lowest BCUT2D eigenvalue weighted by molar-refractivity contribution is -0.124. The second kappa shape index (κ2) is 8.80. The van der Waals surface area contributed by atoms with Crippen molar-refractivity contribution in [2.45, 2.75) is 46.7 Å². The van der Waals surface area contributed by atoms with Crippen molar-refractivity contribution >= 4 is 11.8 Å². The number of carbonyl (C=O) groups is 2. The zero-order valence-electron chi connectivity index (χ0n) is 16.5. The number of nitrogens with one attached hydrogen (secondary N) is 2. The number of benzene rings is 2. The smallest absolute Gasteiger partial charge is 0.251 e. The fourth-order valence-corrected chi connectivity index (χ4v) is 2.97. The Morgan fingerprint density at radius 2 is 1.56 bits per heavy atom. The average molecular weight is 370 g/mol. The van der Waals surface area contributed by atoms with Crippen LogP contribution in [0.15, 0.2) is 42.5 Å². The Hall–Kier alpha value is -2.69. The van der Waals surface area contributed by atoms with Crippen LogP contribution in [0.4, 0.5) is 4.39 Å². The zero-order chi connectivity index (χ0) is 20.1. The van der Waals surface area contributed by atoms with E-state index in [4.69, 9.17) is 0 Å². The summed E-state index contributed by atoms with van der Waals surface area (Å²) in [5.74, 6) is -1.15. The van der Waals surface area contributed by atoms with Crippen LogP contribution in [0.1, 0.15) is 53.9 Å². The molecule has 0 aliphatic rings. The van der Waals surface area contributed by atoms with Crippen LogP contribution in [0.2, 0.25) is 0 Å². The van der Waals surface area contributed by atoms with Crippen LogP contribution in [-0.4, -0.2) is 17.9 Å². The molecule has 0 radical (unpaired) electrons. The third kappa shape index (κ3) is 5.39. The lowest BCUT2D eigenvalue weighted by Crippen LogP contribution is -2.50. The van der Waals surface area contributed by atoms with E-state index in [0.29, 0.717) is 5.56 Å². The number of carbonyl (C=O) groups excluding carboxylic acids is 2. The molecule has 0 unspecified atom stereocenters. The molecular formula is C22H27FN2O2. The number of amides is 2. The van der Waals surface area contributed by atoms with Crippen LogP contribution < -0.4 is 10.6 Å². The van der Waals surface area contributed by atoms with E-state index in [1.165, 1.54) is 24.3 Å². The fourth-order valence-electron chi connectivity index (χ4n) is 2.97. The summed E-state index contributed by atoms with van der Waals surface area (Å²) in [5.41, 5.74) is 3.60. The third-order valence-corrected chi connectivity index (χ3v) is 4.60. The van der Waals surface area contributed by atoms with Gasteiger partial charge in [0.05, 0.1) is 6.04 Å². The molecule has 0 aromatic heterocycles. The van der Waals surface area contributed by atoms with Crippen LogP contribution in [0, 0.1) is 25.6 Å². The lowest BCUT2D eigenvalue weighted by Gasteiger charge is -2.25. The van der Waals surface area contributed by atoms with Crippen molar-refractivity contribution in [2.75, 3.05) is 0 Å². The monoisotopic (exact) mass is 370 g/mol. The van der Waals surface area contributed by atoms with E-state index in [-0.39, 0.29) is 17.9 Å². The second-order valence-electron chi connectivity index (χ2n) is 7.29. The van der Waals surface area contributed by atoms with Gasteiger partial charge in [-0.1, -0.05) is 37.6 Å². The quantitative estimate of drug-likeness (QED) is 0.805. The fraction of sp³-hybridized carbons (Fsp3) is 0.364. The van der Waals surface area contributed by atoms with Crippen LogP contribution in [0.3, 0.4) is 0 Å². The van der Waals surface area contributed by atoms with Gasteiger partial charge in [-0.15, -0.1) is 0 Å². The van der Waals surface area contributed by atoms with E-state index in [2.05, 4.69) is 16.7 Å². The van der Waals surface area contributed by atoms with Gasteiger partial charge in [0.1, 0.15) is 11.9 Å². The normalized spacial score (nSPS) is 13.1. The molecule has 2 rings (SSSR count). The van der Waals surface area contributed by atoms with Crippen molar-refractivity contribution in [3.8, 4) is 0 Å². The Morgan fingerprint density at radius 3 is 2.15 bits per heavy atom. The molecule has 0 saturated heterocycles. The lowest BCUT2D eigenvalue weighted by atomic mass is 9.98. The summed E-state index contributed by atoms with van der Waals surface area (Å²) in [6.45, 7) is 9.69. The van der Waals surface area contributed by atoms with Crippen LogP contribution in [0.25, 0.3) is 0 Å². The van der Waals surface area contributed by atoms with Gasteiger partial charge in [0.2, 0.25) is 5.91 Å². The topological polar surface area (TPSA) is 58.2 Å². The van der Waals surface area contributed by atoms with Crippen molar-refractivity contribution in [1.29, 1.82) is 0 Å². The Kier molecular flexibility index (Phi) is 6.72. The van der Waals surface area contributed by atoms with Crippen molar-refractivity contribution < 1.29 is 14.0 Å². The molecular weight excluding hydrogens is 343 g/mol. The van der Waals surface area contributed by atoms with E-state index in [0.717, 1.165) is 16.7 Å². The van der Waals surface area contributed by atoms with Crippen LogP contribution in [-0.2, 0) is 4.79 Å². The molecule has 0 aliphatic heterocycles. The van der Waals surface area contributed by atoms with E-state index in [1.807, 2.05) is 46.8 Å². The second-order valence-corrected chi connectivity index (χ2v) is 7.29. The average Bonchev–Trinajstić information content (AvgIpc) is 2.61. The van der Waals surface area contributed by atoms with Crippen LogP contribution in [0.5, 0.6) is 0 Å². The molecule has 0 aliphatic carbocycles. The molecule has 0 spiro atoms. The van der Waals surface area contributed by atoms with E-state index in [1.54, 1.807) is 0 Å². The molecule has 2 aromatic rings. The number of rotatable bonds is 6. The Labute approximate surface area is 160 Å². The first-order valence-electron chi connectivity index (χ1n) is 9.13. The maximum absolute atomic E-state index is 13.0. The highest BCUT2D eigenvalue weighted by molar-refractivity contribution is 5.97. The first kappa shape index (κ1) is 20.6. The molecule has 2 atom stereocenters. The third-order valence-electron chi connectivity index (χ3n) is 4.60. The van der Waals surface area contributed by atoms with E-state index >= 15 is 0 Å². The minimum atomic E-state index is -0.685. The molecule has 0 bridgehead atoms. The van der Waals surface area contributed by atoms with Gasteiger partial charge in [-0.3, -0.25) is 9.59 Å². The summed E-state index contributed by atoms with van der Waals surface area (Å²) in [4.78, 5) is 25.2. The van der Waals surface area contributed by atoms with Gasteiger partial charge in [0.25, 0.3) is 5.91 Å². The van der Waals surface area contributed by atoms with Gasteiger partial charge in [-0.05, 0) is 62.1 Å². The van der Waals surface area contributed by atoms with Gasteiger partial charge in [0, 0.05) is 5.56 Å². The van der Waals surface area contributed by atoms with Crippen molar-refractivity contribution in [3.05, 3.63) is 70.5 Å². The first-order chi connectivity index (χ1) is 12.7. The highest BCUT2D eigenvalue weighted by atomic mass is 19.1. The zero-order valence-corrected chi connectivity index (χ0v) is 16.5. The molecule has 2 amide bonds. The van der Waals surface area contributed by atoms with Crippen LogP contribution >= 0.6 is 0 Å². The summed E-state index contributed by atoms with van der Waals surface area (Å²) in [6.07, 6.45) is 0. The van der Waals surface area contributed by atoms with Gasteiger partial charge in [-0.25, -0.2) is 4.39 Å². The molecule has 2 aromatic carbocycles. The summed E-state index contributed by atoms with van der Waals surface area (Å²) >= 11 is 0. The van der Waals surface area contributed by atoms with Gasteiger partial charge in [0.15, 0.2) is 0 Å². The minimum absolute atomic E-state index is 0.0970. The molecule has 0 heterocycles. The number of aryl methyl sites for hydroxylation is 2. The Balaban J connectivity index is 2.11. The maximum Gasteiger partial charge on any atom is 0.251 e. The maximum atomic E-state index is 13.0. The van der Waals surface area contributed by atoms with Crippen molar-refractivity contribution in [3.63, 3.8) is 0 Å². The predicted molar refractivity (Wildman–Crippen MR) is 105 cm³/mol. The van der Waals surface area contributed by atoms with Crippen molar-refractivity contribution in [1.82, 2.24) is 10.6 Å². The minimum Gasteiger partial charge on any atom is -0.348 e. The first-order valence-corrected chi connectivity index (χ1v) is 9.13. The standard InChI is InChI=1S/C22H27FN2O2/c1-13(2)20(25-21(26)17-8-10-18(23)11-9-17)22(27)24-16(5)19-12-14(3)6-7-15(19)4/h6-13,16,20H,1-5H3,(H,24,27)(H,25,26)/t16-,20-/m1/s1. The predicted octanol–water partition coefficient (Wildman–Crippen LogP) is 4.07. The van der Waals surface area contributed by atoms with Crippen molar-refractivity contribution in [2.24, 2.45) is 5.92 Å². The van der Waals surface area contributed by atoms with Gasteiger partial charge >= 0.3 is 0 Å². The highest BCUT2D eigenvalue weighted by Gasteiger charge is 2.26. The molecule has 27 heavy (non-hydrogen) atoms. The highest BCUT2D eigenvalue weighted by Crippen LogP contribution is 2.19. The van der Waals surface area contributed by atoms with Gasteiger partial charge < -0.3 is 10.6 Å². The summed E-state index contributed by atoms with van der Waals surface area (Å²) in [5, 5.41) is 5.76. The molecule has 5 heteroatoms. The number of halogens is 1. The Bertz CT molecular complexity index is 816. The molecule has 2 N–H and O–H groups in total.